The smallest absolute Gasteiger partial charge is 0.305 e. The second-order valence-corrected chi connectivity index (χ2v) is 2.20. The van der Waals surface area contributed by atoms with E-state index in [4.69, 9.17) is 10.8 Å². The lowest BCUT2D eigenvalue weighted by Crippen LogP contribution is -2.15. The molecule has 0 spiro atoms. The van der Waals surface area contributed by atoms with Crippen molar-refractivity contribution in [3.05, 3.63) is 18.2 Å². The molecule has 0 saturated heterocycles. The lowest BCUT2D eigenvalue weighted by Gasteiger charge is -2.02. The lowest BCUT2D eigenvalue weighted by atomic mass is 10.2. The number of imidazole rings is 1. The summed E-state index contributed by atoms with van der Waals surface area (Å²) >= 11 is 0. The predicted octanol–water partition coefficient (Wildman–Crippen LogP) is -0.116. The maximum Gasteiger partial charge on any atom is 0.305 e. The van der Waals surface area contributed by atoms with Crippen LogP contribution in [0.3, 0.4) is 0 Å². The van der Waals surface area contributed by atoms with Crippen LogP contribution in [-0.2, 0) is 4.79 Å². The molecule has 1 aromatic heterocycles. The molecule has 1 rings (SSSR count). The highest BCUT2D eigenvalue weighted by Crippen LogP contribution is 2.08. The molecule has 0 saturated carbocycles. The van der Waals surface area contributed by atoms with Gasteiger partial charge in [0.15, 0.2) is 0 Å². The molecule has 1 atom stereocenters. The van der Waals surface area contributed by atoms with E-state index in [0.29, 0.717) is 5.69 Å². The Labute approximate surface area is 63.3 Å². The molecule has 0 amide bonds. The molecule has 1 heterocycles. The van der Waals surface area contributed by atoms with Gasteiger partial charge in [-0.3, -0.25) is 4.79 Å². The second-order valence-electron chi connectivity index (χ2n) is 2.20. The molecule has 0 aromatic carbocycles. The molecule has 1 aromatic rings. The predicted molar refractivity (Wildman–Crippen MR) is 37.8 cm³/mol. The van der Waals surface area contributed by atoms with Gasteiger partial charge in [-0.1, -0.05) is 0 Å². The van der Waals surface area contributed by atoms with E-state index >= 15 is 0 Å². The van der Waals surface area contributed by atoms with E-state index < -0.39 is 12.0 Å². The summed E-state index contributed by atoms with van der Waals surface area (Å²) in [7, 11) is 0. The Morgan fingerprint density at radius 2 is 2.64 bits per heavy atom. The van der Waals surface area contributed by atoms with E-state index in [-0.39, 0.29) is 6.42 Å². The van der Waals surface area contributed by atoms with Crippen LogP contribution in [-0.4, -0.2) is 21.0 Å². The fourth-order valence-electron chi connectivity index (χ4n) is 0.767. The number of hydrogen-bond donors (Lipinski definition) is 3. The number of aromatic nitrogens is 2. The Bertz CT molecular complexity index is 232. The Morgan fingerprint density at radius 1 is 1.91 bits per heavy atom. The molecular formula is C6H9N3O2. The molecule has 0 radical (unpaired) electrons. The van der Waals surface area contributed by atoms with Gasteiger partial charge < -0.3 is 15.8 Å². The number of aromatic amines is 1. The first kappa shape index (κ1) is 7.74. The molecule has 0 aliphatic carbocycles. The number of carbonyl (C=O) groups is 1. The van der Waals surface area contributed by atoms with Crippen LogP contribution < -0.4 is 5.73 Å². The van der Waals surface area contributed by atoms with Crippen molar-refractivity contribution < 1.29 is 9.90 Å². The van der Waals surface area contributed by atoms with Crippen molar-refractivity contribution in [1.29, 1.82) is 0 Å². The summed E-state index contributed by atoms with van der Waals surface area (Å²) in [6, 6.07) is -0.515. The van der Waals surface area contributed by atoms with Crippen LogP contribution in [0.2, 0.25) is 0 Å². The summed E-state index contributed by atoms with van der Waals surface area (Å²) in [4.78, 5) is 16.7. The van der Waals surface area contributed by atoms with E-state index in [2.05, 4.69) is 9.97 Å². The number of nitrogens with one attached hydrogen (secondary N) is 1. The molecular weight excluding hydrogens is 146 g/mol. The SMILES string of the molecule is N[C@@H](CC(=O)O)c1c[nH]cn1. The van der Waals surface area contributed by atoms with Crippen molar-refractivity contribution in [1.82, 2.24) is 9.97 Å². The molecule has 5 heteroatoms. The Morgan fingerprint density at radius 3 is 3.09 bits per heavy atom. The summed E-state index contributed by atoms with van der Waals surface area (Å²) in [5.74, 6) is -0.916. The van der Waals surface area contributed by atoms with Crippen LogP contribution in [0.1, 0.15) is 18.2 Å². The molecule has 0 unspecified atom stereocenters. The van der Waals surface area contributed by atoms with Gasteiger partial charge in [0.1, 0.15) is 0 Å². The van der Waals surface area contributed by atoms with Gasteiger partial charge in [-0.25, -0.2) is 4.98 Å². The van der Waals surface area contributed by atoms with Gasteiger partial charge in [0.05, 0.1) is 24.5 Å². The van der Waals surface area contributed by atoms with E-state index in [1.165, 1.54) is 6.33 Å². The Kier molecular flexibility index (Phi) is 2.22. The highest BCUT2D eigenvalue weighted by molar-refractivity contribution is 5.67. The molecule has 0 aliphatic heterocycles. The molecule has 11 heavy (non-hydrogen) atoms. The molecule has 0 fully saturated rings. The first-order valence-corrected chi connectivity index (χ1v) is 3.16. The zero-order valence-corrected chi connectivity index (χ0v) is 5.82. The number of carboxylic acids is 1. The quantitative estimate of drug-likeness (QED) is 0.567. The highest BCUT2D eigenvalue weighted by atomic mass is 16.4. The average Bonchev–Trinajstić information content (AvgIpc) is 2.35. The number of rotatable bonds is 3. The summed E-state index contributed by atoms with van der Waals surface area (Å²) in [6.45, 7) is 0. The van der Waals surface area contributed by atoms with Crippen molar-refractivity contribution in [2.75, 3.05) is 0 Å². The zero-order valence-electron chi connectivity index (χ0n) is 5.82. The summed E-state index contributed by atoms with van der Waals surface area (Å²) in [5.41, 5.74) is 6.05. The third kappa shape index (κ3) is 2.05. The third-order valence-electron chi connectivity index (χ3n) is 1.29. The second kappa shape index (κ2) is 3.16. The number of aliphatic carboxylic acids is 1. The van der Waals surface area contributed by atoms with Crippen LogP contribution >= 0.6 is 0 Å². The van der Waals surface area contributed by atoms with E-state index in [1.807, 2.05) is 0 Å². The minimum Gasteiger partial charge on any atom is -0.481 e. The number of carboxylic acid groups (broad SMARTS) is 1. The normalized spacial score (nSPS) is 12.8. The minimum atomic E-state index is -0.916. The van der Waals surface area contributed by atoms with Crippen molar-refractivity contribution in [2.45, 2.75) is 12.5 Å². The van der Waals surface area contributed by atoms with Gasteiger partial charge in [-0.2, -0.15) is 0 Å². The van der Waals surface area contributed by atoms with Gasteiger partial charge >= 0.3 is 5.97 Å². The molecule has 4 N–H and O–H groups in total. The van der Waals surface area contributed by atoms with Crippen molar-refractivity contribution in [3.63, 3.8) is 0 Å². The van der Waals surface area contributed by atoms with E-state index in [1.54, 1.807) is 6.20 Å². The minimum absolute atomic E-state index is 0.0924. The summed E-state index contributed by atoms with van der Waals surface area (Å²) in [6.07, 6.45) is 2.97. The van der Waals surface area contributed by atoms with Crippen LogP contribution in [0, 0.1) is 0 Å². The van der Waals surface area contributed by atoms with Gasteiger partial charge in [0.25, 0.3) is 0 Å². The van der Waals surface area contributed by atoms with Crippen molar-refractivity contribution in [2.24, 2.45) is 5.73 Å². The monoisotopic (exact) mass is 155 g/mol. The maximum atomic E-state index is 10.2. The third-order valence-corrected chi connectivity index (χ3v) is 1.29. The standard InChI is InChI=1S/C6H9N3O2/c7-4(1-6(10)11)5-2-8-3-9-5/h2-4H,1,7H2,(H,8,9)(H,10,11)/t4-/m0/s1. The van der Waals surface area contributed by atoms with E-state index in [9.17, 15) is 4.79 Å². The van der Waals surface area contributed by atoms with E-state index in [0.717, 1.165) is 0 Å². The van der Waals surface area contributed by atoms with Crippen LogP contribution in [0.15, 0.2) is 12.5 Å². The summed E-state index contributed by atoms with van der Waals surface area (Å²) in [5, 5.41) is 8.36. The molecule has 5 nitrogen and oxygen atoms in total. The van der Waals surface area contributed by atoms with Gasteiger partial charge in [0.2, 0.25) is 0 Å². The molecule has 0 bridgehead atoms. The van der Waals surface area contributed by atoms with Gasteiger partial charge in [-0.15, -0.1) is 0 Å². The molecule has 60 valence electrons. The summed E-state index contributed by atoms with van der Waals surface area (Å²) < 4.78 is 0. The van der Waals surface area contributed by atoms with Crippen LogP contribution in [0.25, 0.3) is 0 Å². The maximum absolute atomic E-state index is 10.2. The Hall–Kier alpha value is -1.36. The first-order valence-electron chi connectivity index (χ1n) is 3.16. The van der Waals surface area contributed by atoms with Gasteiger partial charge in [-0.05, 0) is 0 Å². The zero-order chi connectivity index (χ0) is 8.27. The van der Waals surface area contributed by atoms with Crippen LogP contribution in [0.5, 0.6) is 0 Å². The number of H-pyrrole nitrogens is 1. The van der Waals surface area contributed by atoms with Crippen LogP contribution in [0.4, 0.5) is 0 Å². The van der Waals surface area contributed by atoms with Gasteiger partial charge in [0, 0.05) is 6.20 Å². The lowest BCUT2D eigenvalue weighted by molar-refractivity contribution is -0.137. The largest absolute Gasteiger partial charge is 0.481 e. The Balaban J connectivity index is 2.56. The number of hydrogen-bond acceptors (Lipinski definition) is 3. The number of nitrogens with zero attached hydrogens (tertiary/aromatic N) is 1. The fraction of sp³-hybridized carbons (Fsp3) is 0.333. The van der Waals surface area contributed by atoms with Crippen molar-refractivity contribution in [3.8, 4) is 0 Å². The van der Waals surface area contributed by atoms with Crippen molar-refractivity contribution >= 4 is 5.97 Å². The average molecular weight is 155 g/mol. The number of nitrogens with two attached hydrogens (primary N) is 1. The topological polar surface area (TPSA) is 92.0 Å². The molecule has 0 aliphatic rings. The first-order chi connectivity index (χ1) is 5.20. The highest BCUT2D eigenvalue weighted by Gasteiger charge is 2.11. The fourth-order valence-corrected chi connectivity index (χ4v) is 0.767.